The summed E-state index contributed by atoms with van der Waals surface area (Å²) in [6.45, 7) is -0.0532. The van der Waals surface area contributed by atoms with Gasteiger partial charge in [0.2, 0.25) is 0 Å². The lowest BCUT2D eigenvalue weighted by molar-refractivity contribution is -0.0893. The number of hydrogen-bond donors (Lipinski definition) is 1. The summed E-state index contributed by atoms with van der Waals surface area (Å²) in [5, 5.41) is 9.77. The van der Waals surface area contributed by atoms with Gasteiger partial charge in [0.05, 0.1) is 6.61 Å². The molecule has 0 aliphatic carbocycles. The summed E-state index contributed by atoms with van der Waals surface area (Å²) in [6.07, 6.45) is 7.20. The molecule has 0 fully saturated rings. The highest BCUT2D eigenvalue weighted by atomic mass is 16.7. The molecule has 0 unspecified atom stereocenters. The summed E-state index contributed by atoms with van der Waals surface area (Å²) in [5.41, 5.74) is 2.85. The number of hydrogen-bond acceptors (Lipinski definition) is 3. The SMILES string of the molecule is C#C/C=C(\C#CC(OCOC)(c1ccccc1)c1ccccc1)c1ccccc1CO. The molecule has 0 spiro atoms. The van der Waals surface area contributed by atoms with E-state index in [-0.39, 0.29) is 13.4 Å². The van der Waals surface area contributed by atoms with Crippen molar-refractivity contribution in [2.75, 3.05) is 13.9 Å². The molecule has 0 heterocycles. The number of ether oxygens (including phenoxy) is 2. The molecule has 3 heteroatoms. The molecule has 1 N–H and O–H groups in total. The van der Waals surface area contributed by atoms with Gasteiger partial charge in [-0.25, -0.2) is 0 Å². The zero-order valence-electron chi connectivity index (χ0n) is 17.4. The van der Waals surface area contributed by atoms with Crippen molar-refractivity contribution >= 4 is 5.57 Å². The fraction of sp³-hybridized carbons (Fsp3) is 0.143. The summed E-state index contributed by atoms with van der Waals surface area (Å²) in [4.78, 5) is 0. The van der Waals surface area contributed by atoms with Crippen LogP contribution in [0, 0.1) is 24.2 Å². The quantitative estimate of drug-likeness (QED) is 0.452. The van der Waals surface area contributed by atoms with Crippen molar-refractivity contribution < 1.29 is 14.6 Å². The van der Waals surface area contributed by atoms with E-state index in [0.717, 1.165) is 22.3 Å². The molecule has 3 rings (SSSR count). The average molecular weight is 408 g/mol. The van der Waals surface area contributed by atoms with E-state index >= 15 is 0 Å². The van der Waals surface area contributed by atoms with E-state index in [1.54, 1.807) is 13.2 Å². The van der Waals surface area contributed by atoms with Crippen LogP contribution in [0.5, 0.6) is 0 Å². The molecule has 0 bridgehead atoms. The van der Waals surface area contributed by atoms with Crippen LogP contribution >= 0.6 is 0 Å². The van der Waals surface area contributed by atoms with Gasteiger partial charge in [-0.3, -0.25) is 0 Å². The molecular weight excluding hydrogens is 384 g/mol. The largest absolute Gasteiger partial charge is 0.392 e. The lowest BCUT2D eigenvalue weighted by atomic mass is 9.86. The summed E-state index contributed by atoms with van der Waals surface area (Å²) in [5.74, 6) is 9.14. The van der Waals surface area contributed by atoms with Gasteiger partial charge in [-0.05, 0) is 11.1 Å². The molecule has 0 amide bonds. The standard InChI is InChI=1S/C28H24O3/c1-3-12-23(27-18-11-10-13-24(27)21-29)19-20-28(31-22-30-2,25-14-6-4-7-15-25)26-16-8-5-9-17-26/h1,4-18,29H,21-22H2,2H3/b23-12+. The van der Waals surface area contributed by atoms with E-state index in [2.05, 4.69) is 17.8 Å². The fourth-order valence-electron chi connectivity index (χ4n) is 3.35. The molecular formula is C28H24O3. The van der Waals surface area contributed by atoms with E-state index in [1.807, 2.05) is 84.9 Å². The van der Waals surface area contributed by atoms with Crippen LogP contribution in [0.1, 0.15) is 22.3 Å². The van der Waals surface area contributed by atoms with E-state index in [9.17, 15) is 5.11 Å². The molecule has 3 aromatic carbocycles. The monoisotopic (exact) mass is 408 g/mol. The Labute approximate surface area is 184 Å². The first-order chi connectivity index (χ1) is 15.2. The average Bonchev–Trinajstić information content (AvgIpc) is 2.84. The minimum Gasteiger partial charge on any atom is -0.392 e. The van der Waals surface area contributed by atoms with Gasteiger partial charge in [-0.15, -0.1) is 6.42 Å². The van der Waals surface area contributed by atoms with Crippen molar-refractivity contribution in [2.24, 2.45) is 0 Å². The van der Waals surface area contributed by atoms with Gasteiger partial charge in [0.15, 0.2) is 5.60 Å². The molecule has 0 saturated carbocycles. The zero-order chi connectivity index (χ0) is 21.9. The highest BCUT2D eigenvalue weighted by molar-refractivity contribution is 5.82. The van der Waals surface area contributed by atoms with Gasteiger partial charge < -0.3 is 14.6 Å². The van der Waals surface area contributed by atoms with E-state index in [4.69, 9.17) is 15.9 Å². The molecule has 0 atom stereocenters. The van der Waals surface area contributed by atoms with Gasteiger partial charge in [-0.1, -0.05) is 103 Å². The van der Waals surface area contributed by atoms with Gasteiger partial charge in [0.1, 0.15) is 6.79 Å². The van der Waals surface area contributed by atoms with Crippen LogP contribution in [0.2, 0.25) is 0 Å². The second-order valence-corrected chi connectivity index (χ2v) is 6.75. The minimum atomic E-state index is -1.07. The molecule has 0 aliphatic rings. The molecule has 0 saturated heterocycles. The Morgan fingerprint density at radius 2 is 1.52 bits per heavy atom. The number of aliphatic hydroxyl groups excluding tert-OH is 1. The van der Waals surface area contributed by atoms with Gasteiger partial charge in [0.25, 0.3) is 0 Å². The van der Waals surface area contributed by atoms with Crippen molar-refractivity contribution in [3.05, 3.63) is 113 Å². The number of rotatable bonds is 7. The number of terminal acetylenes is 1. The van der Waals surface area contributed by atoms with Crippen LogP contribution in [0.3, 0.4) is 0 Å². The molecule has 0 radical (unpaired) electrons. The third-order valence-corrected chi connectivity index (χ3v) is 4.83. The van der Waals surface area contributed by atoms with Crippen molar-refractivity contribution in [2.45, 2.75) is 12.2 Å². The second-order valence-electron chi connectivity index (χ2n) is 6.75. The first-order valence-electron chi connectivity index (χ1n) is 9.87. The molecule has 154 valence electrons. The third kappa shape index (κ3) is 5.12. The molecule has 0 aromatic heterocycles. The highest BCUT2D eigenvalue weighted by Gasteiger charge is 2.34. The Morgan fingerprint density at radius 3 is 2.06 bits per heavy atom. The molecule has 3 nitrogen and oxygen atoms in total. The van der Waals surface area contributed by atoms with Crippen molar-refractivity contribution in [1.82, 2.24) is 0 Å². The minimum absolute atomic E-state index is 0.0554. The number of allylic oxidation sites excluding steroid dienone is 2. The molecule has 31 heavy (non-hydrogen) atoms. The summed E-state index contributed by atoms with van der Waals surface area (Å²) >= 11 is 0. The fourth-order valence-corrected chi connectivity index (χ4v) is 3.35. The molecule has 0 aliphatic heterocycles. The maximum atomic E-state index is 9.77. The summed E-state index contributed by atoms with van der Waals surface area (Å²) < 4.78 is 11.5. The zero-order valence-corrected chi connectivity index (χ0v) is 17.4. The van der Waals surface area contributed by atoms with E-state index < -0.39 is 5.60 Å². The second kappa shape index (κ2) is 11.0. The van der Waals surface area contributed by atoms with Crippen LogP contribution in [-0.4, -0.2) is 19.0 Å². The Morgan fingerprint density at radius 1 is 0.935 bits per heavy atom. The maximum Gasteiger partial charge on any atom is 0.182 e. The lowest BCUT2D eigenvalue weighted by Gasteiger charge is -2.29. The Kier molecular flexibility index (Phi) is 7.82. The number of aliphatic hydroxyl groups is 1. The van der Waals surface area contributed by atoms with Crippen LogP contribution < -0.4 is 0 Å². The third-order valence-electron chi connectivity index (χ3n) is 4.83. The maximum absolute atomic E-state index is 9.77. The van der Waals surface area contributed by atoms with Crippen molar-refractivity contribution in [1.29, 1.82) is 0 Å². The normalized spacial score (nSPS) is 11.3. The summed E-state index contributed by atoms with van der Waals surface area (Å²) in [6, 6.07) is 27.1. The Bertz CT molecular complexity index is 1070. The number of methoxy groups -OCH3 is 1. The van der Waals surface area contributed by atoms with Crippen LogP contribution in [0.15, 0.2) is 91.0 Å². The van der Waals surface area contributed by atoms with Crippen molar-refractivity contribution in [3.8, 4) is 24.2 Å². The van der Waals surface area contributed by atoms with E-state index in [0.29, 0.717) is 5.57 Å². The van der Waals surface area contributed by atoms with Gasteiger partial charge >= 0.3 is 0 Å². The van der Waals surface area contributed by atoms with Crippen LogP contribution in [0.25, 0.3) is 5.57 Å². The first-order valence-corrected chi connectivity index (χ1v) is 9.87. The van der Waals surface area contributed by atoms with Crippen molar-refractivity contribution in [3.63, 3.8) is 0 Å². The Hall–Kier alpha value is -3.60. The van der Waals surface area contributed by atoms with Gasteiger partial charge in [0, 0.05) is 29.9 Å². The number of benzene rings is 3. The topological polar surface area (TPSA) is 38.7 Å². The lowest BCUT2D eigenvalue weighted by Crippen LogP contribution is -2.30. The molecule has 3 aromatic rings. The van der Waals surface area contributed by atoms with E-state index in [1.165, 1.54) is 0 Å². The van der Waals surface area contributed by atoms with Crippen LogP contribution in [-0.2, 0) is 21.7 Å². The first kappa shape index (κ1) is 22.1. The predicted molar refractivity (Wildman–Crippen MR) is 124 cm³/mol. The summed E-state index contributed by atoms with van der Waals surface area (Å²) in [7, 11) is 1.58. The predicted octanol–water partition coefficient (Wildman–Crippen LogP) is 4.76. The smallest absolute Gasteiger partial charge is 0.182 e. The van der Waals surface area contributed by atoms with Crippen LogP contribution in [0.4, 0.5) is 0 Å². The highest BCUT2D eigenvalue weighted by Crippen LogP contribution is 2.34. The van der Waals surface area contributed by atoms with Gasteiger partial charge in [-0.2, -0.15) is 0 Å². The Balaban J connectivity index is 2.23.